The van der Waals surface area contributed by atoms with Crippen LogP contribution in [0.3, 0.4) is 0 Å². The van der Waals surface area contributed by atoms with Gasteiger partial charge in [0, 0.05) is 25.6 Å². The Morgan fingerprint density at radius 3 is 2.41 bits per heavy atom. The first-order valence-corrected chi connectivity index (χ1v) is 11.3. The Bertz CT molecular complexity index is 765. The molecular weight excluding hydrogens is 366 g/mol. The third-order valence-corrected chi connectivity index (χ3v) is 8.41. The zero-order chi connectivity index (χ0) is 19.4. The average molecular weight is 396 g/mol. The number of hydrogen-bond donors (Lipinski definition) is 0. The van der Waals surface area contributed by atoms with Gasteiger partial charge in [-0.1, -0.05) is 25.3 Å². The van der Waals surface area contributed by atoms with Crippen molar-refractivity contribution in [3.8, 4) is 11.5 Å². The van der Waals surface area contributed by atoms with Gasteiger partial charge in [0.1, 0.15) is 11.5 Å². The maximum atomic E-state index is 12.7. The highest BCUT2D eigenvalue weighted by atomic mass is 32.2. The fourth-order valence-corrected chi connectivity index (χ4v) is 6.28. The molecule has 0 spiro atoms. The topological polar surface area (TPSA) is 72.9 Å². The van der Waals surface area contributed by atoms with Crippen molar-refractivity contribution in [2.75, 3.05) is 27.3 Å². The van der Waals surface area contributed by atoms with Crippen LogP contribution in [0.4, 0.5) is 0 Å². The average Bonchev–Trinajstić information content (AvgIpc) is 2.65. The molecule has 0 unspecified atom stereocenters. The molecule has 6 nitrogen and oxygen atoms in total. The Balaban J connectivity index is 1.51. The Labute approximate surface area is 161 Å². The van der Waals surface area contributed by atoms with Gasteiger partial charge in [-0.15, -0.1) is 0 Å². The summed E-state index contributed by atoms with van der Waals surface area (Å²) in [7, 11) is 0.0854. The number of amides is 1. The molecule has 1 aliphatic carbocycles. The molecule has 2 fully saturated rings. The first-order chi connectivity index (χ1) is 13.0. The van der Waals surface area contributed by atoms with Crippen LogP contribution in [0.25, 0.3) is 0 Å². The molecule has 1 saturated heterocycles. The number of carbonyl (C=O) groups excluding carboxylic acids is 1. The van der Waals surface area contributed by atoms with Crippen LogP contribution in [0.5, 0.6) is 11.5 Å². The number of sulfone groups is 1. The van der Waals surface area contributed by atoms with Gasteiger partial charge >= 0.3 is 0 Å². The van der Waals surface area contributed by atoms with Gasteiger partial charge in [-0.2, -0.15) is 0 Å². The summed E-state index contributed by atoms with van der Waals surface area (Å²) in [6.07, 6.45) is 5.61. The van der Waals surface area contributed by atoms with Gasteiger partial charge in [0.25, 0.3) is 0 Å². The van der Waals surface area contributed by atoms with Crippen LogP contribution < -0.4 is 9.47 Å². The molecule has 2 aliphatic rings. The molecule has 1 amide bonds. The summed E-state index contributed by atoms with van der Waals surface area (Å²) in [5.74, 6) is 1.41. The van der Waals surface area contributed by atoms with E-state index in [4.69, 9.17) is 9.47 Å². The first kappa shape index (κ1) is 20.0. The van der Waals surface area contributed by atoms with Crippen LogP contribution in [0, 0.1) is 0 Å². The molecule has 0 radical (unpaired) electrons. The van der Waals surface area contributed by atoms with E-state index >= 15 is 0 Å². The van der Waals surface area contributed by atoms with Crippen molar-refractivity contribution in [3.63, 3.8) is 0 Å². The van der Waals surface area contributed by atoms with E-state index in [2.05, 4.69) is 0 Å². The Morgan fingerprint density at radius 2 is 1.78 bits per heavy atom. The number of hydrogen-bond acceptors (Lipinski definition) is 5. The molecule has 3 rings (SSSR count). The van der Waals surface area contributed by atoms with Crippen molar-refractivity contribution in [2.45, 2.75) is 55.4 Å². The number of carbonyl (C=O) groups is 1. The third-order valence-electron chi connectivity index (χ3n) is 5.78. The fraction of sp³-hybridized carbons (Fsp3) is 0.650. The van der Waals surface area contributed by atoms with E-state index in [1.165, 1.54) is 0 Å². The molecule has 1 heterocycles. The standard InChI is InChI=1S/C20H29NO5S/c1-25-16-10-8-15(19(12-16)26-2)9-11-20(22)21-13-18(14-21)27(23,24)17-6-4-3-5-7-17/h8,10,12,17-18H,3-7,9,11,13-14H2,1-2H3. The first-order valence-electron chi connectivity index (χ1n) is 9.67. The highest BCUT2D eigenvalue weighted by Gasteiger charge is 2.43. The quantitative estimate of drug-likeness (QED) is 0.710. The van der Waals surface area contributed by atoms with Crippen LogP contribution in [0.1, 0.15) is 44.1 Å². The van der Waals surface area contributed by atoms with Crippen LogP contribution in [-0.2, 0) is 21.1 Å². The SMILES string of the molecule is COc1ccc(CCC(=O)N2CC(S(=O)(=O)C3CCCCC3)C2)c(OC)c1. The summed E-state index contributed by atoms with van der Waals surface area (Å²) in [4.78, 5) is 14.1. The number of benzene rings is 1. The lowest BCUT2D eigenvalue weighted by Crippen LogP contribution is -2.58. The summed E-state index contributed by atoms with van der Waals surface area (Å²) >= 11 is 0. The molecule has 1 aromatic rings. The molecule has 27 heavy (non-hydrogen) atoms. The van der Waals surface area contributed by atoms with E-state index in [9.17, 15) is 13.2 Å². The van der Waals surface area contributed by atoms with E-state index in [1.807, 2.05) is 12.1 Å². The summed E-state index contributed by atoms with van der Waals surface area (Å²) < 4.78 is 35.9. The van der Waals surface area contributed by atoms with Crippen LogP contribution in [-0.4, -0.2) is 57.0 Å². The van der Waals surface area contributed by atoms with Crippen molar-refractivity contribution >= 4 is 15.7 Å². The smallest absolute Gasteiger partial charge is 0.222 e. The molecule has 0 bridgehead atoms. The van der Waals surface area contributed by atoms with Gasteiger partial charge in [0.05, 0.1) is 24.7 Å². The second-order valence-electron chi connectivity index (χ2n) is 7.45. The largest absolute Gasteiger partial charge is 0.497 e. The Kier molecular flexibility index (Phi) is 6.29. The predicted octanol–water partition coefficient (Wildman–Crippen LogP) is 2.59. The highest BCUT2D eigenvalue weighted by Crippen LogP contribution is 2.30. The molecule has 7 heteroatoms. The van der Waals surface area contributed by atoms with Gasteiger partial charge in [-0.05, 0) is 30.9 Å². The van der Waals surface area contributed by atoms with E-state index < -0.39 is 9.84 Å². The summed E-state index contributed by atoms with van der Waals surface area (Å²) in [6.45, 7) is 0.689. The molecule has 1 aromatic carbocycles. The minimum atomic E-state index is -3.10. The molecule has 150 valence electrons. The lowest BCUT2D eigenvalue weighted by Gasteiger charge is -2.41. The lowest BCUT2D eigenvalue weighted by molar-refractivity contribution is -0.134. The van der Waals surface area contributed by atoms with Crippen molar-refractivity contribution in [1.29, 1.82) is 0 Å². The monoisotopic (exact) mass is 395 g/mol. The minimum Gasteiger partial charge on any atom is -0.497 e. The minimum absolute atomic E-state index is 0.00275. The number of nitrogens with zero attached hydrogens (tertiary/aromatic N) is 1. The molecule has 0 aromatic heterocycles. The van der Waals surface area contributed by atoms with Crippen molar-refractivity contribution in [1.82, 2.24) is 4.90 Å². The maximum absolute atomic E-state index is 12.7. The Hall–Kier alpha value is -1.76. The van der Waals surface area contributed by atoms with Crippen LogP contribution in [0.2, 0.25) is 0 Å². The number of rotatable bonds is 7. The van der Waals surface area contributed by atoms with E-state index in [0.717, 1.165) is 37.7 Å². The summed E-state index contributed by atoms with van der Waals surface area (Å²) in [5.41, 5.74) is 0.943. The van der Waals surface area contributed by atoms with Gasteiger partial charge < -0.3 is 14.4 Å². The number of ether oxygens (including phenoxy) is 2. The Morgan fingerprint density at radius 1 is 1.07 bits per heavy atom. The second-order valence-corrected chi connectivity index (χ2v) is 9.96. The van der Waals surface area contributed by atoms with Gasteiger partial charge in [-0.25, -0.2) is 8.42 Å². The van der Waals surface area contributed by atoms with E-state index in [-0.39, 0.29) is 16.4 Å². The molecule has 0 atom stereocenters. The maximum Gasteiger partial charge on any atom is 0.222 e. The highest BCUT2D eigenvalue weighted by molar-refractivity contribution is 7.92. The van der Waals surface area contributed by atoms with Crippen molar-refractivity contribution < 1.29 is 22.7 Å². The number of aryl methyl sites for hydroxylation is 1. The number of methoxy groups -OCH3 is 2. The predicted molar refractivity (Wildman–Crippen MR) is 104 cm³/mol. The van der Waals surface area contributed by atoms with Gasteiger partial charge in [0.15, 0.2) is 9.84 Å². The van der Waals surface area contributed by atoms with E-state index in [1.54, 1.807) is 25.2 Å². The zero-order valence-electron chi connectivity index (χ0n) is 16.1. The van der Waals surface area contributed by atoms with Crippen molar-refractivity contribution in [3.05, 3.63) is 23.8 Å². The molecule has 1 saturated carbocycles. The van der Waals surface area contributed by atoms with Gasteiger partial charge in [-0.3, -0.25) is 4.79 Å². The van der Waals surface area contributed by atoms with Crippen LogP contribution in [0.15, 0.2) is 18.2 Å². The molecule has 1 aliphatic heterocycles. The van der Waals surface area contributed by atoms with Crippen LogP contribution >= 0.6 is 0 Å². The number of likely N-dealkylation sites (tertiary alicyclic amines) is 1. The molecular formula is C20H29NO5S. The molecule has 0 N–H and O–H groups in total. The third kappa shape index (κ3) is 4.39. The second kappa shape index (κ2) is 8.50. The summed E-state index contributed by atoms with van der Waals surface area (Å²) in [6, 6.07) is 5.55. The van der Waals surface area contributed by atoms with Gasteiger partial charge in [0.2, 0.25) is 5.91 Å². The lowest BCUT2D eigenvalue weighted by atomic mass is 10.0. The zero-order valence-corrected chi connectivity index (χ0v) is 17.0. The van der Waals surface area contributed by atoms with E-state index in [0.29, 0.717) is 37.4 Å². The summed E-state index contributed by atoms with van der Waals surface area (Å²) in [5, 5.41) is -0.572. The normalized spacial score (nSPS) is 18.8. The fourth-order valence-electron chi connectivity index (χ4n) is 3.97. The van der Waals surface area contributed by atoms with Crippen molar-refractivity contribution in [2.24, 2.45) is 0 Å².